The van der Waals surface area contributed by atoms with Gasteiger partial charge in [0.25, 0.3) is 0 Å². The van der Waals surface area contributed by atoms with Crippen molar-refractivity contribution < 1.29 is 43.6 Å². The molecule has 0 radical (unpaired) electrons. The molecule has 4 atom stereocenters. The summed E-state index contributed by atoms with van der Waals surface area (Å²) in [6, 6.07) is 0. The van der Waals surface area contributed by atoms with Gasteiger partial charge in [-0.3, -0.25) is 10.0 Å². The summed E-state index contributed by atoms with van der Waals surface area (Å²) >= 11 is 0. The van der Waals surface area contributed by atoms with Gasteiger partial charge in [0.1, 0.15) is 12.2 Å². The fourth-order valence-corrected chi connectivity index (χ4v) is 1.39. The van der Waals surface area contributed by atoms with Gasteiger partial charge in [-0.05, 0) is 4.57 Å². The van der Waals surface area contributed by atoms with Crippen molar-refractivity contribution in [2.75, 3.05) is 6.54 Å². The molecule has 0 heterocycles. The van der Waals surface area contributed by atoms with Crippen LogP contribution in [0.2, 0.25) is 0 Å². The van der Waals surface area contributed by atoms with Crippen molar-refractivity contribution in [3.05, 3.63) is 0 Å². The number of hydrogen-bond acceptors (Lipinski definition) is 6. The molecule has 0 aliphatic carbocycles. The molecule has 106 valence electrons. The lowest BCUT2D eigenvalue weighted by molar-refractivity contribution is -0.164. The van der Waals surface area contributed by atoms with Gasteiger partial charge in [0.05, 0.1) is 19.1 Å². The molecule has 8 nitrogen and oxygen atoms in total. The van der Waals surface area contributed by atoms with E-state index in [-0.39, 0.29) is 11.5 Å². The number of halogens is 2. The molecule has 0 rings (SSSR count). The van der Waals surface area contributed by atoms with Crippen LogP contribution in [0.5, 0.6) is 0 Å². The van der Waals surface area contributed by atoms with Crippen molar-refractivity contribution in [1.29, 1.82) is 0 Å². The highest BCUT2D eigenvalue weighted by Crippen LogP contribution is 2.42. The zero-order chi connectivity index (χ0) is 14.5. The second-order valence-electron chi connectivity index (χ2n) is 3.50. The standard InChI is InChI=1S/C7H12F2NO7P/c8-7(9,18(16)17)1-4(12)6(14)5(13)2-10(15)3-11/h3-6,12-15H,1-2H2/p+1/t4-,5+,6-/m1/s1. The molecular formula is C7H13F2NO7P+. The Kier molecular flexibility index (Phi) is 6.68. The van der Waals surface area contributed by atoms with E-state index in [2.05, 4.69) is 0 Å². The Bertz CT molecular complexity index is 306. The quantitative estimate of drug-likeness (QED) is 0.161. The lowest BCUT2D eigenvalue weighted by atomic mass is 10.1. The number of hydrogen-bond donors (Lipinski definition) is 5. The van der Waals surface area contributed by atoms with Gasteiger partial charge in [0, 0.05) is 0 Å². The highest BCUT2D eigenvalue weighted by Gasteiger charge is 2.54. The zero-order valence-corrected chi connectivity index (χ0v) is 9.82. The van der Waals surface area contributed by atoms with Gasteiger partial charge in [0.15, 0.2) is 0 Å². The topological polar surface area (TPSA) is 139 Å². The largest absolute Gasteiger partial charge is 0.583 e. The summed E-state index contributed by atoms with van der Waals surface area (Å²) < 4.78 is 35.7. The molecule has 5 N–H and O–H groups in total. The van der Waals surface area contributed by atoms with Crippen LogP contribution in [0.15, 0.2) is 0 Å². The van der Waals surface area contributed by atoms with Crippen LogP contribution in [0.1, 0.15) is 6.42 Å². The molecule has 0 aromatic carbocycles. The molecule has 11 heteroatoms. The fourth-order valence-electron chi connectivity index (χ4n) is 1.05. The summed E-state index contributed by atoms with van der Waals surface area (Å²) in [5.41, 5.74) is -4.13. The molecule has 1 amide bonds. The number of amides is 1. The van der Waals surface area contributed by atoms with Crippen LogP contribution >= 0.6 is 8.03 Å². The highest BCUT2D eigenvalue weighted by atomic mass is 31.1. The normalized spacial score (nSPS) is 17.8. The molecule has 0 fully saturated rings. The van der Waals surface area contributed by atoms with E-state index in [9.17, 15) is 28.4 Å². The van der Waals surface area contributed by atoms with Crippen molar-refractivity contribution >= 4 is 14.4 Å². The van der Waals surface area contributed by atoms with E-state index in [0.717, 1.165) is 0 Å². The van der Waals surface area contributed by atoms with Crippen molar-refractivity contribution in [2.45, 2.75) is 30.4 Å². The SMILES string of the molecule is O=CN(O)C[C@H](O)[C@H](O)[C@H](O)CC(F)(F)[P+](=O)O. The first-order chi connectivity index (χ1) is 8.11. The van der Waals surface area contributed by atoms with Crippen LogP contribution in [-0.2, 0) is 9.36 Å². The van der Waals surface area contributed by atoms with Gasteiger partial charge >= 0.3 is 13.7 Å². The summed E-state index contributed by atoms with van der Waals surface area (Å²) in [4.78, 5) is 18.2. The monoisotopic (exact) mass is 292 g/mol. The maximum atomic E-state index is 12.7. The smallest absolute Gasteiger partial charge is 0.390 e. The molecule has 1 unspecified atom stereocenters. The van der Waals surface area contributed by atoms with Crippen LogP contribution in [0, 0.1) is 0 Å². The van der Waals surface area contributed by atoms with Crippen molar-refractivity contribution in [3.8, 4) is 0 Å². The third-order valence-electron chi connectivity index (χ3n) is 2.02. The maximum Gasteiger partial charge on any atom is 0.583 e. The lowest BCUT2D eigenvalue weighted by Crippen LogP contribution is -2.45. The number of alkyl halides is 2. The lowest BCUT2D eigenvalue weighted by Gasteiger charge is -2.24. The zero-order valence-electron chi connectivity index (χ0n) is 8.93. The highest BCUT2D eigenvalue weighted by molar-refractivity contribution is 7.39. The van der Waals surface area contributed by atoms with Crippen LogP contribution in [0.4, 0.5) is 8.78 Å². The van der Waals surface area contributed by atoms with Gasteiger partial charge in [0.2, 0.25) is 6.41 Å². The van der Waals surface area contributed by atoms with Gasteiger partial charge in [-0.1, -0.05) is 0 Å². The Labute approximate surface area is 101 Å². The third-order valence-corrected chi connectivity index (χ3v) is 2.76. The molecule has 0 saturated heterocycles. The van der Waals surface area contributed by atoms with E-state index in [1.165, 1.54) is 0 Å². The minimum absolute atomic E-state index is 0.0642. The first kappa shape index (κ1) is 17.2. The van der Waals surface area contributed by atoms with Crippen LogP contribution in [0.25, 0.3) is 0 Å². The predicted octanol–water partition coefficient (Wildman–Crippen LogP) is -1.37. The van der Waals surface area contributed by atoms with Crippen molar-refractivity contribution in [1.82, 2.24) is 5.06 Å². The number of hydroxylamine groups is 2. The number of rotatable bonds is 8. The van der Waals surface area contributed by atoms with Gasteiger partial charge in [-0.2, -0.15) is 13.7 Å². The summed E-state index contributed by atoms with van der Waals surface area (Å²) in [7, 11) is -3.89. The van der Waals surface area contributed by atoms with Gasteiger partial charge in [-0.25, -0.2) is 5.06 Å². The average molecular weight is 292 g/mol. The summed E-state index contributed by atoms with van der Waals surface area (Å²) in [6.07, 6.45) is -7.89. The van der Waals surface area contributed by atoms with Gasteiger partial charge in [-0.15, -0.1) is 0 Å². The number of aliphatic hydroxyl groups is 3. The molecule has 0 aromatic rings. The molecule has 0 aliphatic rings. The maximum absolute atomic E-state index is 12.7. The Balaban J connectivity index is 4.46. The van der Waals surface area contributed by atoms with Crippen molar-refractivity contribution in [3.63, 3.8) is 0 Å². The van der Waals surface area contributed by atoms with Crippen LogP contribution < -0.4 is 0 Å². The number of carbonyl (C=O) groups excluding carboxylic acids is 1. The molecule has 0 aliphatic heterocycles. The molecule has 18 heavy (non-hydrogen) atoms. The summed E-state index contributed by atoms with van der Waals surface area (Å²) in [5, 5.41) is 36.1. The van der Waals surface area contributed by atoms with E-state index in [0.29, 0.717) is 0 Å². The number of aliphatic hydroxyl groups excluding tert-OH is 3. The molecular weight excluding hydrogens is 279 g/mol. The third kappa shape index (κ3) is 5.25. The van der Waals surface area contributed by atoms with E-state index in [1.54, 1.807) is 0 Å². The minimum Gasteiger partial charge on any atom is -0.390 e. The van der Waals surface area contributed by atoms with E-state index in [4.69, 9.17) is 15.2 Å². The first-order valence-electron chi connectivity index (χ1n) is 4.61. The summed E-state index contributed by atoms with van der Waals surface area (Å²) in [6.45, 7) is -0.821. The predicted molar refractivity (Wildman–Crippen MR) is 52.0 cm³/mol. The molecule has 0 saturated carbocycles. The average Bonchev–Trinajstić information content (AvgIpc) is 2.26. The number of nitrogens with zero attached hydrogens (tertiary/aromatic N) is 1. The van der Waals surface area contributed by atoms with E-state index in [1.807, 2.05) is 0 Å². The van der Waals surface area contributed by atoms with Crippen LogP contribution in [-0.4, -0.2) is 67.4 Å². The second kappa shape index (κ2) is 6.98. The Morgan fingerprint density at radius 1 is 1.28 bits per heavy atom. The van der Waals surface area contributed by atoms with Crippen LogP contribution in [0.3, 0.4) is 0 Å². The van der Waals surface area contributed by atoms with Crippen molar-refractivity contribution in [2.24, 2.45) is 0 Å². The first-order valence-corrected chi connectivity index (χ1v) is 5.82. The number of carbonyl (C=O) groups is 1. The molecule has 0 bridgehead atoms. The Morgan fingerprint density at radius 3 is 2.17 bits per heavy atom. The van der Waals surface area contributed by atoms with E-state index >= 15 is 0 Å². The Morgan fingerprint density at radius 2 is 1.78 bits per heavy atom. The van der Waals surface area contributed by atoms with Gasteiger partial charge < -0.3 is 15.3 Å². The summed E-state index contributed by atoms with van der Waals surface area (Å²) in [5.74, 6) is 0. The fraction of sp³-hybridized carbons (Fsp3) is 0.857. The van der Waals surface area contributed by atoms with E-state index < -0.39 is 45.0 Å². The molecule has 0 aromatic heterocycles. The Hall–Kier alpha value is -0.770. The minimum atomic E-state index is -4.13. The second-order valence-corrected chi connectivity index (χ2v) is 4.70. The molecule has 0 spiro atoms.